The minimum Gasteiger partial charge on any atom is -0.494 e. The molecule has 5 rings (SSSR count). The standard InChI is InChI=1S/C28H31N7O3/c1-5-25(37)30-20-7-6-8-21(11-20)31-26-18(2)13-29-27(33-26)32-23-10-9-22(12-24(23)38-4)35-16-28(17-35)14-34(15-28)19(3)36/h5-13H,1,14-17H2,2-4H3,(H,30,37)(H2,29,31,32,33). The van der Waals surface area contributed by atoms with E-state index in [4.69, 9.17) is 4.74 Å². The van der Waals surface area contributed by atoms with Crippen molar-refractivity contribution in [3.8, 4) is 5.75 Å². The molecule has 0 aliphatic carbocycles. The van der Waals surface area contributed by atoms with Crippen LogP contribution in [0, 0.1) is 12.3 Å². The zero-order valence-corrected chi connectivity index (χ0v) is 21.7. The van der Waals surface area contributed by atoms with E-state index in [1.54, 1.807) is 26.3 Å². The minimum atomic E-state index is -0.275. The van der Waals surface area contributed by atoms with Gasteiger partial charge in [0.15, 0.2) is 0 Å². The molecule has 38 heavy (non-hydrogen) atoms. The molecule has 2 amide bonds. The summed E-state index contributed by atoms with van der Waals surface area (Å²) < 4.78 is 5.67. The van der Waals surface area contributed by atoms with Crippen LogP contribution in [0.5, 0.6) is 5.75 Å². The van der Waals surface area contributed by atoms with Gasteiger partial charge in [-0.05, 0) is 43.3 Å². The van der Waals surface area contributed by atoms with Crippen LogP contribution in [0.1, 0.15) is 12.5 Å². The van der Waals surface area contributed by atoms with Crippen molar-refractivity contribution >= 4 is 46.3 Å². The molecule has 1 spiro atoms. The third-order valence-electron chi connectivity index (χ3n) is 6.90. The first-order valence-electron chi connectivity index (χ1n) is 12.4. The molecule has 2 aliphatic rings. The van der Waals surface area contributed by atoms with Gasteiger partial charge in [-0.25, -0.2) is 4.98 Å². The van der Waals surface area contributed by atoms with E-state index in [2.05, 4.69) is 43.5 Å². The Morgan fingerprint density at radius 1 is 1.08 bits per heavy atom. The molecule has 2 saturated heterocycles. The first-order valence-corrected chi connectivity index (χ1v) is 12.4. The lowest BCUT2D eigenvalue weighted by Crippen LogP contribution is -2.72. The smallest absolute Gasteiger partial charge is 0.247 e. The summed E-state index contributed by atoms with van der Waals surface area (Å²) in [6, 6.07) is 13.4. The minimum absolute atomic E-state index is 0.147. The van der Waals surface area contributed by atoms with Crippen molar-refractivity contribution in [2.75, 3.05) is 54.1 Å². The molecular weight excluding hydrogens is 482 g/mol. The number of rotatable bonds is 8. The van der Waals surface area contributed by atoms with E-state index >= 15 is 0 Å². The van der Waals surface area contributed by atoms with Crippen molar-refractivity contribution in [3.05, 3.63) is 66.9 Å². The first-order chi connectivity index (χ1) is 18.3. The first kappa shape index (κ1) is 25.1. The number of anilines is 6. The molecule has 0 saturated carbocycles. The third kappa shape index (κ3) is 5.10. The monoisotopic (exact) mass is 513 g/mol. The van der Waals surface area contributed by atoms with E-state index in [1.807, 2.05) is 42.2 Å². The summed E-state index contributed by atoms with van der Waals surface area (Å²) in [4.78, 5) is 36.4. The normalized spacial score (nSPS) is 15.2. The van der Waals surface area contributed by atoms with E-state index in [0.29, 0.717) is 23.2 Å². The molecule has 0 bridgehead atoms. The number of likely N-dealkylation sites (tertiary alicyclic amines) is 1. The Morgan fingerprint density at radius 2 is 1.84 bits per heavy atom. The maximum absolute atomic E-state index is 11.6. The number of ether oxygens (including phenoxy) is 1. The van der Waals surface area contributed by atoms with Crippen molar-refractivity contribution < 1.29 is 14.3 Å². The summed E-state index contributed by atoms with van der Waals surface area (Å²) in [6.07, 6.45) is 2.97. The maximum atomic E-state index is 11.6. The van der Waals surface area contributed by atoms with Gasteiger partial charge in [0.1, 0.15) is 11.6 Å². The van der Waals surface area contributed by atoms with Crippen LogP contribution in [0.3, 0.4) is 0 Å². The number of hydrogen-bond donors (Lipinski definition) is 3. The number of nitrogens with zero attached hydrogens (tertiary/aromatic N) is 4. The Balaban J connectivity index is 1.27. The number of aromatic nitrogens is 2. The van der Waals surface area contributed by atoms with E-state index in [0.717, 1.165) is 48.8 Å². The average Bonchev–Trinajstić information content (AvgIpc) is 2.85. The van der Waals surface area contributed by atoms with E-state index in [9.17, 15) is 9.59 Å². The summed E-state index contributed by atoms with van der Waals surface area (Å²) in [5.41, 5.74) is 4.34. The Morgan fingerprint density at radius 3 is 2.55 bits per heavy atom. The van der Waals surface area contributed by atoms with Crippen LogP contribution in [0.2, 0.25) is 0 Å². The third-order valence-corrected chi connectivity index (χ3v) is 6.90. The summed E-state index contributed by atoms with van der Waals surface area (Å²) in [7, 11) is 1.64. The van der Waals surface area contributed by atoms with Crippen LogP contribution in [-0.4, -0.2) is 60.0 Å². The number of aryl methyl sites for hydroxylation is 1. The molecule has 0 atom stereocenters. The largest absolute Gasteiger partial charge is 0.494 e. The van der Waals surface area contributed by atoms with Crippen LogP contribution < -0.4 is 25.6 Å². The predicted octanol–water partition coefficient (Wildman–Crippen LogP) is 4.07. The molecular formula is C28H31N7O3. The van der Waals surface area contributed by atoms with Gasteiger partial charge < -0.3 is 30.5 Å². The predicted molar refractivity (Wildman–Crippen MR) is 148 cm³/mol. The zero-order valence-electron chi connectivity index (χ0n) is 21.7. The van der Waals surface area contributed by atoms with Gasteiger partial charge in [-0.3, -0.25) is 9.59 Å². The van der Waals surface area contributed by atoms with Gasteiger partial charge in [-0.15, -0.1) is 0 Å². The van der Waals surface area contributed by atoms with Gasteiger partial charge in [0.25, 0.3) is 0 Å². The number of nitrogens with one attached hydrogen (secondary N) is 3. The highest BCUT2D eigenvalue weighted by Gasteiger charge is 2.52. The fourth-order valence-electron chi connectivity index (χ4n) is 4.87. The zero-order chi connectivity index (χ0) is 26.9. The Bertz CT molecular complexity index is 1390. The van der Waals surface area contributed by atoms with Crippen LogP contribution in [0.4, 0.5) is 34.5 Å². The fourth-order valence-corrected chi connectivity index (χ4v) is 4.87. The van der Waals surface area contributed by atoms with Crippen molar-refractivity contribution in [2.24, 2.45) is 5.41 Å². The highest BCUT2D eigenvalue weighted by Crippen LogP contribution is 2.43. The molecule has 0 unspecified atom stereocenters. The second kappa shape index (κ2) is 10.0. The van der Waals surface area contributed by atoms with Crippen molar-refractivity contribution in [3.63, 3.8) is 0 Å². The van der Waals surface area contributed by atoms with Crippen molar-refractivity contribution in [2.45, 2.75) is 13.8 Å². The quantitative estimate of drug-likeness (QED) is 0.387. The molecule has 3 heterocycles. The summed E-state index contributed by atoms with van der Waals surface area (Å²) in [6.45, 7) is 10.6. The van der Waals surface area contributed by atoms with Crippen LogP contribution in [0.25, 0.3) is 0 Å². The van der Waals surface area contributed by atoms with Gasteiger partial charge >= 0.3 is 0 Å². The fraction of sp³-hybridized carbons (Fsp3) is 0.286. The van der Waals surface area contributed by atoms with E-state index in [-0.39, 0.29) is 17.2 Å². The van der Waals surface area contributed by atoms with Crippen LogP contribution >= 0.6 is 0 Å². The second-order valence-corrected chi connectivity index (χ2v) is 9.87. The summed E-state index contributed by atoms with van der Waals surface area (Å²) in [5, 5.41) is 9.31. The highest BCUT2D eigenvalue weighted by molar-refractivity contribution is 5.99. The number of methoxy groups -OCH3 is 1. The van der Waals surface area contributed by atoms with Gasteiger partial charge in [0.05, 0.1) is 12.8 Å². The van der Waals surface area contributed by atoms with E-state index < -0.39 is 0 Å². The molecule has 3 N–H and O–H groups in total. The SMILES string of the molecule is C=CC(=O)Nc1cccc(Nc2nc(Nc3ccc(N4CC5(CN(C(C)=O)C5)C4)cc3OC)ncc2C)c1. The maximum Gasteiger partial charge on any atom is 0.247 e. The van der Waals surface area contributed by atoms with Crippen molar-refractivity contribution in [1.82, 2.24) is 14.9 Å². The van der Waals surface area contributed by atoms with Crippen LogP contribution in [0.15, 0.2) is 61.3 Å². The summed E-state index contributed by atoms with van der Waals surface area (Å²) in [5.74, 6) is 1.61. The lowest BCUT2D eigenvalue weighted by atomic mass is 9.72. The Labute approximate surface area is 221 Å². The highest BCUT2D eigenvalue weighted by atomic mass is 16.5. The molecule has 2 aliphatic heterocycles. The Kier molecular flexibility index (Phi) is 6.62. The van der Waals surface area contributed by atoms with Gasteiger partial charge in [0, 0.05) is 73.4 Å². The Hall–Kier alpha value is -4.60. The lowest BCUT2D eigenvalue weighted by Gasteiger charge is -2.60. The van der Waals surface area contributed by atoms with Crippen LogP contribution in [-0.2, 0) is 9.59 Å². The molecule has 2 fully saturated rings. The number of carbonyl (C=O) groups is 2. The van der Waals surface area contributed by atoms with E-state index in [1.165, 1.54) is 6.08 Å². The molecule has 1 aromatic heterocycles. The second-order valence-electron chi connectivity index (χ2n) is 9.87. The molecule has 0 radical (unpaired) electrons. The molecule has 2 aromatic carbocycles. The average molecular weight is 514 g/mol. The lowest BCUT2D eigenvalue weighted by molar-refractivity contribution is -0.142. The molecule has 10 heteroatoms. The number of hydrogen-bond acceptors (Lipinski definition) is 8. The van der Waals surface area contributed by atoms with Gasteiger partial charge in [0.2, 0.25) is 17.8 Å². The topological polar surface area (TPSA) is 112 Å². The van der Waals surface area contributed by atoms with Gasteiger partial charge in [-0.2, -0.15) is 4.98 Å². The molecule has 196 valence electrons. The van der Waals surface area contributed by atoms with Crippen molar-refractivity contribution in [1.29, 1.82) is 0 Å². The number of benzene rings is 2. The van der Waals surface area contributed by atoms with Gasteiger partial charge in [-0.1, -0.05) is 12.6 Å². The molecule has 10 nitrogen and oxygen atoms in total. The number of amides is 2. The number of carbonyl (C=O) groups excluding carboxylic acids is 2. The summed E-state index contributed by atoms with van der Waals surface area (Å²) >= 11 is 0. The molecule has 3 aromatic rings.